The molecule has 0 aliphatic carbocycles. The van der Waals surface area contributed by atoms with Crippen LogP contribution in [0.15, 0.2) is 24.5 Å². The van der Waals surface area contributed by atoms with E-state index < -0.39 is 0 Å². The van der Waals surface area contributed by atoms with Crippen LogP contribution in [0.5, 0.6) is 0 Å². The monoisotopic (exact) mass is 322 g/mol. The molecular weight excluding hydrogens is 304 g/mol. The van der Waals surface area contributed by atoms with Gasteiger partial charge in [-0.05, 0) is 54.4 Å². The number of hydrogen-bond acceptors (Lipinski definition) is 5. The summed E-state index contributed by atoms with van der Waals surface area (Å²) in [5, 5.41) is 17.4. The molecule has 1 atom stereocenters. The fourth-order valence-electron chi connectivity index (χ4n) is 2.53. The van der Waals surface area contributed by atoms with E-state index in [1.54, 1.807) is 11.0 Å². The molecule has 1 amide bonds. The van der Waals surface area contributed by atoms with Crippen LogP contribution in [0.4, 0.5) is 5.69 Å². The molecule has 2 aromatic rings. The molecule has 7 nitrogen and oxygen atoms in total. The lowest BCUT2D eigenvalue weighted by Crippen LogP contribution is -2.37. The van der Waals surface area contributed by atoms with E-state index in [1.807, 2.05) is 25.1 Å². The number of halogens is 1. The van der Waals surface area contributed by atoms with Crippen molar-refractivity contribution in [3.63, 3.8) is 0 Å². The number of benzene rings is 1. The molecule has 1 aromatic heterocycles. The second-order valence-electron chi connectivity index (χ2n) is 5.29. The third-order valence-electron chi connectivity index (χ3n) is 3.74. The molecule has 22 heavy (non-hydrogen) atoms. The number of tetrazole rings is 1. The Labute approximate surface area is 134 Å². The summed E-state index contributed by atoms with van der Waals surface area (Å²) in [7, 11) is 0. The Balaban J connectivity index is 0.00000176. The second kappa shape index (κ2) is 7.33. The van der Waals surface area contributed by atoms with Gasteiger partial charge in [-0.1, -0.05) is 6.07 Å². The number of anilines is 1. The van der Waals surface area contributed by atoms with E-state index in [4.69, 9.17) is 0 Å². The van der Waals surface area contributed by atoms with Gasteiger partial charge >= 0.3 is 0 Å². The van der Waals surface area contributed by atoms with Crippen LogP contribution in [0.1, 0.15) is 18.4 Å². The molecule has 1 fully saturated rings. The number of nitrogens with zero attached hydrogens (tertiary/aromatic N) is 4. The Kier molecular flexibility index (Phi) is 5.46. The third-order valence-corrected chi connectivity index (χ3v) is 3.74. The lowest BCUT2D eigenvalue weighted by Gasteiger charge is -2.22. The number of carbonyl (C=O) groups is 1. The van der Waals surface area contributed by atoms with E-state index in [1.165, 1.54) is 0 Å². The molecule has 118 valence electrons. The Morgan fingerprint density at radius 3 is 3.00 bits per heavy atom. The second-order valence-corrected chi connectivity index (χ2v) is 5.29. The predicted molar refractivity (Wildman–Crippen MR) is 85.4 cm³/mol. The van der Waals surface area contributed by atoms with E-state index in [-0.39, 0.29) is 24.2 Å². The molecular formula is C14H19ClN6O. The van der Waals surface area contributed by atoms with Crippen LogP contribution in [-0.2, 0) is 4.79 Å². The molecule has 8 heteroatoms. The Bertz CT molecular complexity index is 624. The molecule has 1 saturated heterocycles. The minimum Gasteiger partial charge on any atom is -0.326 e. The van der Waals surface area contributed by atoms with Gasteiger partial charge in [-0.25, -0.2) is 4.68 Å². The molecule has 1 unspecified atom stereocenters. The molecule has 0 spiro atoms. The van der Waals surface area contributed by atoms with Gasteiger partial charge in [0.25, 0.3) is 0 Å². The van der Waals surface area contributed by atoms with Gasteiger partial charge in [-0.2, -0.15) is 0 Å². The summed E-state index contributed by atoms with van der Waals surface area (Å²) < 4.78 is 1.59. The maximum Gasteiger partial charge on any atom is 0.228 e. The number of hydrogen-bond donors (Lipinski definition) is 2. The normalized spacial score (nSPS) is 17.6. The van der Waals surface area contributed by atoms with Crippen LogP contribution >= 0.6 is 12.4 Å². The zero-order chi connectivity index (χ0) is 14.7. The summed E-state index contributed by atoms with van der Waals surface area (Å²) in [6.45, 7) is 3.73. The third kappa shape index (κ3) is 3.61. The summed E-state index contributed by atoms with van der Waals surface area (Å²) in [6, 6.07) is 5.74. The van der Waals surface area contributed by atoms with Gasteiger partial charge in [-0.15, -0.1) is 17.5 Å². The summed E-state index contributed by atoms with van der Waals surface area (Å²) in [5.41, 5.74) is 2.67. The number of nitrogens with one attached hydrogen (secondary N) is 2. The first kappa shape index (κ1) is 16.4. The van der Waals surface area contributed by atoms with Crippen LogP contribution in [0.2, 0.25) is 0 Å². The van der Waals surface area contributed by atoms with Crippen molar-refractivity contribution in [3.05, 3.63) is 30.1 Å². The minimum absolute atomic E-state index is 0. The van der Waals surface area contributed by atoms with E-state index in [2.05, 4.69) is 26.2 Å². The molecule has 0 bridgehead atoms. The summed E-state index contributed by atoms with van der Waals surface area (Å²) in [4.78, 5) is 12.3. The number of piperidine rings is 1. The zero-order valence-electron chi connectivity index (χ0n) is 12.3. The van der Waals surface area contributed by atoms with Gasteiger partial charge in [0.1, 0.15) is 6.33 Å². The van der Waals surface area contributed by atoms with Crippen LogP contribution in [0.3, 0.4) is 0 Å². The standard InChI is InChI=1S/C14H18N6O.ClH/c1-10-4-5-12(7-13(10)20-9-16-18-19-20)17-14(21)11-3-2-6-15-8-11;/h4-5,7,9,11,15H,2-3,6,8H2,1H3,(H,17,21);1H. The highest BCUT2D eigenvalue weighted by Crippen LogP contribution is 2.20. The van der Waals surface area contributed by atoms with Gasteiger partial charge < -0.3 is 10.6 Å². The van der Waals surface area contributed by atoms with Gasteiger partial charge in [0.15, 0.2) is 0 Å². The molecule has 0 saturated carbocycles. The lowest BCUT2D eigenvalue weighted by atomic mass is 9.99. The quantitative estimate of drug-likeness (QED) is 0.890. The van der Waals surface area contributed by atoms with Gasteiger partial charge in [0.05, 0.1) is 11.6 Å². The maximum absolute atomic E-state index is 12.3. The van der Waals surface area contributed by atoms with Gasteiger partial charge in [0, 0.05) is 12.2 Å². The predicted octanol–water partition coefficient (Wildman–Crippen LogP) is 1.33. The molecule has 0 radical (unpaired) electrons. The van der Waals surface area contributed by atoms with Crippen molar-refractivity contribution in [1.82, 2.24) is 25.5 Å². The summed E-state index contributed by atoms with van der Waals surface area (Å²) in [6.07, 6.45) is 3.52. The number of aromatic nitrogens is 4. The smallest absolute Gasteiger partial charge is 0.228 e. The van der Waals surface area contributed by atoms with E-state index in [0.717, 1.165) is 42.9 Å². The highest BCUT2D eigenvalue weighted by Gasteiger charge is 2.21. The van der Waals surface area contributed by atoms with Crippen molar-refractivity contribution < 1.29 is 4.79 Å². The molecule has 1 aromatic carbocycles. The highest BCUT2D eigenvalue weighted by atomic mass is 35.5. The number of rotatable bonds is 3. The van der Waals surface area contributed by atoms with Crippen molar-refractivity contribution in [3.8, 4) is 5.69 Å². The Morgan fingerprint density at radius 1 is 1.45 bits per heavy atom. The van der Waals surface area contributed by atoms with Crippen molar-refractivity contribution in [2.75, 3.05) is 18.4 Å². The summed E-state index contributed by atoms with van der Waals surface area (Å²) >= 11 is 0. The number of carbonyl (C=O) groups excluding carboxylic acids is 1. The van der Waals surface area contributed by atoms with Crippen LogP contribution in [0.25, 0.3) is 5.69 Å². The van der Waals surface area contributed by atoms with Crippen molar-refractivity contribution in [2.24, 2.45) is 5.92 Å². The van der Waals surface area contributed by atoms with Crippen molar-refractivity contribution in [2.45, 2.75) is 19.8 Å². The first-order chi connectivity index (χ1) is 10.2. The number of amides is 1. The van der Waals surface area contributed by atoms with Crippen LogP contribution < -0.4 is 10.6 Å². The average molecular weight is 323 g/mol. The zero-order valence-corrected chi connectivity index (χ0v) is 13.1. The molecule has 2 N–H and O–H groups in total. The first-order valence-electron chi connectivity index (χ1n) is 7.09. The van der Waals surface area contributed by atoms with Crippen LogP contribution in [-0.4, -0.2) is 39.2 Å². The number of aryl methyl sites for hydroxylation is 1. The largest absolute Gasteiger partial charge is 0.326 e. The van der Waals surface area contributed by atoms with Crippen molar-refractivity contribution >= 4 is 24.0 Å². The van der Waals surface area contributed by atoms with E-state index in [0.29, 0.717) is 0 Å². The average Bonchev–Trinajstić information content (AvgIpc) is 3.04. The molecule has 1 aliphatic heterocycles. The summed E-state index contributed by atoms with van der Waals surface area (Å²) in [5.74, 6) is 0.102. The Morgan fingerprint density at radius 2 is 2.32 bits per heavy atom. The van der Waals surface area contributed by atoms with Crippen LogP contribution in [0, 0.1) is 12.8 Å². The fraction of sp³-hybridized carbons (Fsp3) is 0.429. The molecule has 3 rings (SSSR count). The minimum atomic E-state index is 0. The first-order valence-corrected chi connectivity index (χ1v) is 7.09. The van der Waals surface area contributed by atoms with E-state index in [9.17, 15) is 4.79 Å². The van der Waals surface area contributed by atoms with E-state index >= 15 is 0 Å². The molecule has 2 heterocycles. The molecule has 1 aliphatic rings. The fourth-order valence-corrected chi connectivity index (χ4v) is 2.53. The van der Waals surface area contributed by atoms with Gasteiger partial charge in [-0.3, -0.25) is 4.79 Å². The SMILES string of the molecule is Cc1ccc(NC(=O)C2CCCNC2)cc1-n1cnnn1.Cl. The van der Waals surface area contributed by atoms with Crippen molar-refractivity contribution in [1.29, 1.82) is 0 Å². The topological polar surface area (TPSA) is 84.7 Å². The lowest BCUT2D eigenvalue weighted by molar-refractivity contribution is -0.120. The highest BCUT2D eigenvalue weighted by molar-refractivity contribution is 5.93. The maximum atomic E-state index is 12.3. The van der Waals surface area contributed by atoms with Gasteiger partial charge in [0.2, 0.25) is 5.91 Å². The Hall–Kier alpha value is -1.99.